The van der Waals surface area contributed by atoms with Crippen molar-refractivity contribution in [1.29, 1.82) is 0 Å². The Morgan fingerprint density at radius 3 is 2.58 bits per heavy atom. The van der Waals surface area contributed by atoms with Gasteiger partial charge in [-0.3, -0.25) is 8.99 Å². The molecule has 168 valence electrons. The number of hydrogen-bond donors (Lipinski definition) is 2. The maximum Gasteiger partial charge on any atom is 0.235 e. The first-order valence-electron chi connectivity index (χ1n) is 9.75. The van der Waals surface area contributed by atoms with Crippen molar-refractivity contribution in [2.24, 2.45) is 0 Å². The highest BCUT2D eigenvalue weighted by molar-refractivity contribution is 7.93. The van der Waals surface area contributed by atoms with Crippen LogP contribution in [0.1, 0.15) is 18.2 Å². The second kappa shape index (κ2) is 7.36. The van der Waals surface area contributed by atoms with Crippen molar-refractivity contribution >= 4 is 21.4 Å². The molecule has 4 heterocycles. The fraction of sp³-hybridized carbons (Fsp3) is 0.500. The topological polar surface area (TPSA) is 99.9 Å². The molecular weight excluding hydrogens is 439 g/mol. The van der Waals surface area contributed by atoms with Crippen molar-refractivity contribution in [2.75, 3.05) is 35.1 Å². The Kier molecular flexibility index (Phi) is 4.88. The van der Waals surface area contributed by atoms with E-state index < -0.39 is 33.8 Å². The van der Waals surface area contributed by atoms with E-state index in [0.717, 1.165) is 12.1 Å². The molecule has 0 bridgehead atoms. The van der Waals surface area contributed by atoms with Crippen molar-refractivity contribution < 1.29 is 31.4 Å². The highest BCUT2D eigenvalue weighted by Gasteiger charge is 2.45. The fourth-order valence-corrected chi connectivity index (χ4v) is 6.02. The van der Waals surface area contributed by atoms with Gasteiger partial charge in [-0.1, -0.05) is 0 Å². The van der Waals surface area contributed by atoms with E-state index in [4.69, 9.17) is 4.74 Å². The molecule has 3 atom stereocenters. The lowest BCUT2D eigenvalue weighted by atomic mass is 10.1. The van der Waals surface area contributed by atoms with Crippen LogP contribution in [0, 0.1) is 17.5 Å². The van der Waals surface area contributed by atoms with E-state index >= 15 is 0 Å². The molecule has 31 heavy (non-hydrogen) atoms. The maximum absolute atomic E-state index is 13.6. The monoisotopic (exact) mass is 459 g/mol. The smallest absolute Gasteiger partial charge is 0.235 e. The molecule has 0 amide bonds. The van der Waals surface area contributed by atoms with Crippen LogP contribution in [0.15, 0.2) is 18.3 Å². The van der Waals surface area contributed by atoms with Gasteiger partial charge in [-0.2, -0.15) is 5.10 Å². The highest BCUT2D eigenvalue weighted by Crippen LogP contribution is 2.38. The molecule has 3 aliphatic rings. The van der Waals surface area contributed by atoms with Crippen LogP contribution in [0.2, 0.25) is 0 Å². The summed E-state index contributed by atoms with van der Waals surface area (Å²) in [6.07, 6.45) is 0.615. The SMILES string of the molecule is O=S1(=O)CCCN1c1cnn2c1CN(C(O)Nc1cc(F)c(F)c(F)c1)[C@H]1COC[C@H]12. The second-order valence-corrected chi connectivity index (χ2v) is 9.79. The summed E-state index contributed by atoms with van der Waals surface area (Å²) in [5, 5.41) is 17.8. The molecule has 5 rings (SSSR count). The van der Waals surface area contributed by atoms with E-state index in [1.165, 1.54) is 10.5 Å². The maximum atomic E-state index is 13.6. The first-order valence-corrected chi connectivity index (χ1v) is 11.4. The second-order valence-electron chi connectivity index (χ2n) is 7.78. The molecule has 2 N–H and O–H groups in total. The molecule has 0 spiro atoms. The van der Waals surface area contributed by atoms with Crippen LogP contribution in [0.25, 0.3) is 0 Å². The zero-order valence-corrected chi connectivity index (χ0v) is 17.0. The zero-order chi connectivity index (χ0) is 21.9. The zero-order valence-electron chi connectivity index (χ0n) is 16.2. The van der Waals surface area contributed by atoms with Gasteiger partial charge in [0.2, 0.25) is 10.0 Å². The molecule has 2 saturated heterocycles. The summed E-state index contributed by atoms with van der Waals surface area (Å²) in [6.45, 7) is 1.06. The number of ether oxygens (including phenoxy) is 1. The van der Waals surface area contributed by atoms with Gasteiger partial charge in [0.1, 0.15) is 0 Å². The average Bonchev–Trinajstić information content (AvgIpc) is 3.42. The summed E-state index contributed by atoms with van der Waals surface area (Å²) < 4.78 is 73.8. The summed E-state index contributed by atoms with van der Waals surface area (Å²) in [5.74, 6) is -4.30. The number of benzene rings is 1. The van der Waals surface area contributed by atoms with Gasteiger partial charge in [-0.15, -0.1) is 0 Å². The Morgan fingerprint density at radius 2 is 1.90 bits per heavy atom. The Labute approximate surface area is 176 Å². The average molecular weight is 459 g/mol. The number of anilines is 2. The molecule has 3 aliphatic heterocycles. The van der Waals surface area contributed by atoms with Gasteiger partial charge < -0.3 is 15.2 Å². The van der Waals surface area contributed by atoms with Gasteiger partial charge in [0, 0.05) is 30.9 Å². The van der Waals surface area contributed by atoms with Crippen LogP contribution < -0.4 is 9.62 Å². The molecule has 0 aliphatic carbocycles. The first kappa shape index (κ1) is 20.5. The predicted octanol–water partition coefficient (Wildman–Crippen LogP) is 0.984. The van der Waals surface area contributed by atoms with Gasteiger partial charge in [-0.05, 0) is 6.42 Å². The van der Waals surface area contributed by atoms with Crippen molar-refractivity contribution in [3.63, 3.8) is 0 Å². The summed E-state index contributed by atoms with van der Waals surface area (Å²) in [4.78, 5) is 1.61. The lowest BCUT2D eigenvalue weighted by Gasteiger charge is -2.40. The molecule has 2 aromatic rings. The Hall–Kier alpha value is -2.35. The molecule has 0 radical (unpaired) electrons. The van der Waals surface area contributed by atoms with Crippen molar-refractivity contribution in [1.82, 2.24) is 14.7 Å². The molecule has 13 heteroatoms. The minimum Gasteiger partial charge on any atom is -0.377 e. The van der Waals surface area contributed by atoms with Crippen molar-refractivity contribution in [3.8, 4) is 0 Å². The van der Waals surface area contributed by atoms with Gasteiger partial charge in [0.25, 0.3) is 0 Å². The minimum atomic E-state index is -3.43. The van der Waals surface area contributed by atoms with Gasteiger partial charge >= 0.3 is 0 Å². The molecule has 0 saturated carbocycles. The van der Waals surface area contributed by atoms with Crippen LogP contribution in [-0.4, -0.2) is 66.1 Å². The quantitative estimate of drug-likeness (QED) is 0.520. The molecule has 1 unspecified atom stereocenters. The Bertz CT molecular complexity index is 1100. The third kappa shape index (κ3) is 3.35. The Morgan fingerprint density at radius 1 is 1.19 bits per heavy atom. The summed E-state index contributed by atoms with van der Waals surface area (Å²) in [7, 11) is -3.43. The van der Waals surface area contributed by atoms with Crippen LogP contribution in [0.3, 0.4) is 0 Å². The minimum absolute atomic E-state index is 0.0579. The number of halogens is 3. The van der Waals surface area contributed by atoms with Crippen LogP contribution in [0.4, 0.5) is 24.5 Å². The normalized spacial score (nSPS) is 26.0. The summed E-state index contributed by atoms with van der Waals surface area (Å²) in [5.41, 5.74) is 0.897. The Balaban J connectivity index is 1.46. The third-order valence-electron chi connectivity index (χ3n) is 5.93. The number of nitrogens with zero attached hydrogens (tertiary/aromatic N) is 4. The lowest BCUT2D eigenvalue weighted by Crippen LogP contribution is -2.53. The van der Waals surface area contributed by atoms with Crippen LogP contribution in [-0.2, 0) is 21.3 Å². The van der Waals surface area contributed by atoms with Crippen LogP contribution in [0.5, 0.6) is 0 Å². The van der Waals surface area contributed by atoms with E-state index in [9.17, 15) is 26.7 Å². The van der Waals surface area contributed by atoms with E-state index in [-0.39, 0.29) is 36.7 Å². The van der Waals surface area contributed by atoms with Gasteiger partial charge in [-0.25, -0.2) is 26.5 Å². The number of fused-ring (bicyclic) bond motifs is 3. The van der Waals surface area contributed by atoms with E-state index in [2.05, 4.69) is 10.4 Å². The molecule has 9 nitrogen and oxygen atoms in total. The number of nitrogens with one attached hydrogen (secondary N) is 1. The molecule has 1 aromatic heterocycles. The largest absolute Gasteiger partial charge is 0.377 e. The fourth-order valence-electron chi connectivity index (χ4n) is 4.45. The number of hydrogen-bond acceptors (Lipinski definition) is 7. The number of aliphatic hydroxyl groups excluding tert-OH is 1. The molecule has 1 aromatic carbocycles. The first-order chi connectivity index (χ1) is 14.8. The number of rotatable bonds is 4. The summed E-state index contributed by atoms with van der Waals surface area (Å²) >= 11 is 0. The number of aliphatic hydroxyl groups is 1. The highest BCUT2D eigenvalue weighted by atomic mass is 32.2. The van der Waals surface area contributed by atoms with Gasteiger partial charge in [0.05, 0.1) is 48.6 Å². The lowest BCUT2D eigenvalue weighted by molar-refractivity contribution is -0.0345. The predicted molar refractivity (Wildman–Crippen MR) is 103 cm³/mol. The summed E-state index contributed by atoms with van der Waals surface area (Å²) in [6, 6.07) is 0.913. The van der Waals surface area contributed by atoms with E-state index in [0.29, 0.717) is 31.0 Å². The number of sulfonamides is 1. The van der Waals surface area contributed by atoms with E-state index in [1.54, 1.807) is 9.58 Å². The molecular formula is C18H20F3N5O4S. The number of aromatic nitrogens is 2. The van der Waals surface area contributed by atoms with Crippen molar-refractivity contribution in [3.05, 3.63) is 41.5 Å². The van der Waals surface area contributed by atoms with E-state index in [1.807, 2.05) is 0 Å². The van der Waals surface area contributed by atoms with Crippen molar-refractivity contribution in [2.45, 2.75) is 31.4 Å². The standard InChI is InChI=1S/C18H20F3N5O4S/c19-11-4-10(5-12(20)17(11)21)23-18(27)24-7-14-13(25-2-1-3-31(25,28)29)6-22-26(14)16-9-30-8-15(16)24/h4-6,15-16,18,23,27H,1-3,7-9H2/t15-,16+,18?/m0/s1. The third-order valence-corrected chi connectivity index (χ3v) is 7.79. The molecule has 2 fully saturated rings. The van der Waals surface area contributed by atoms with Gasteiger partial charge in [0.15, 0.2) is 23.8 Å². The van der Waals surface area contributed by atoms with Crippen LogP contribution >= 0.6 is 0 Å².